The van der Waals surface area contributed by atoms with E-state index in [1.807, 2.05) is 6.07 Å². The highest BCUT2D eigenvalue weighted by atomic mass is 16.6. The summed E-state index contributed by atoms with van der Waals surface area (Å²) in [6, 6.07) is 12.7. The smallest absolute Gasteiger partial charge is 0.270 e. The fourth-order valence-electron chi connectivity index (χ4n) is 2.19. The van der Waals surface area contributed by atoms with Crippen LogP contribution in [0.5, 0.6) is 0 Å². The van der Waals surface area contributed by atoms with Crippen LogP contribution in [-0.2, 0) is 0 Å². The summed E-state index contributed by atoms with van der Waals surface area (Å²) in [7, 11) is 0. The molecule has 0 radical (unpaired) electrons. The van der Waals surface area contributed by atoms with Gasteiger partial charge in [-0.2, -0.15) is 10.4 Å². The molecule has 2 aromatic carbocycles. The molecule has 0 atom stereocenters. The number of hydrogen-bond donors (Lipinski definition) is 3. The Kier molecular flexibility index (Phi) is 3.78. The first-order valence-corrected chi connectivity index (χ1v) is 6.74. The number of H-pyrrole nitrogens is 1. The van der Waals surface area contributed by atoms with Crippen LogP contribution >= 0.6 is 0 Å². The van der Waals surface area contributed by atoms with E-state index in [0.717, 1.165) is 0 Å². The maximum absolute atomic E-state index is 10.9. The molecule has 3 rings (SSSR count). The van der Waals surface area contributed by atoms with E-state index in [2.05, 4.69) is 20.7 Å². The SMILES string of the molecule is N#Cc1ccc(NC(=NO)c2n[nH]c3ccc([N+](=O)[O-])cc23)cc1. The van der Waals surface area contributed by atoms with Crippen molar-refractivity contribution in [2.24, 2.45) is 5.16 Å². The number of nitro groups is 1. The lowest BCUT2D eigenvalue weighted by Gasteiger charge is -2.06. The van der Waals surface area contributed by atoms with E-state index in [9.17, 15) is 15.3 Å². The minimum Gasteiger partial charge on any atom is -0.409 e. The molecular formula is C15H10N6O3. The maximum Gasteiger partial charge on any atom is 0.270 e. The molecule has 0 aliphatic heterocycles. The van der Waals surface area contributed by atoms with E-state index in [0.29, 0.717) is 22.2 Å². The first kappa shape index (κ1) is 15.0. The Bertz CT molecular complexity index is 985. The highest BCUT2D eigenvalue weighted by Crippen LogP contribution is 2.23. The van der Waals surface area contributed by atoms with E-state index in [-0.39, 0.29) is 17.2 Å². The van der Waals surface area contributed by atoms with Crippen molar-refractivity contribution < 1.29 is 10.1 Å². The largest absolute Gasteiger partial charge is 0.409 e. The van der Waals surface area contributed by atoms with Crippen molar-refractivity contribution >= 4 is 28.1 Å². The minimum atomic E-state index is -0.514. The molecule has 9 heteroatoms. The molecule has 0 bridgehead atoms. The van der Waals surface area contributed by atoms with Gasteiger partial charge < -0.3 is 10.5 Å². The summed E-state index contributed by atoms with van der Waals surface area (Å²) in [5.41, 5.74) is 1.77. The summed E-state index contributed by atoms with van der Waals surface area (Å²) < 4.78 is 0. The number of anilines is 1. The van der Waals surface area contributed by atoms with Crippen molar-refractivity contribution in [1.29, 1.82) is 5.26 Å². The minimum absolute atomic E-state index is 0.0199. The number of nitrogens with one attached hydrogen (secondary N) is 2. The Morgan fingerprint density at radius 3 is 2.71 bits per heavy atom. The molecule has 0 aliphatic carbocycles. The van der Waals surface area contributed by atoms with Crippen LogP contribution in [0.25, 0.3) is 10.9 Å². The van der Waals surface area contributed by atoms with E-state index in [1.54, 1.807) is 24.3 Å². The molecule has 24 heavy (non-hydrogen) atoms. The summed E-state index contributed by atoms with van der Waals surface area (Å²) >= 11 is 0. The van der Waals surface area contributed by atoms with Gasteiger partial charge in [0.15, 0.2) is 5.84 Å². The molecule has 0 unspecified atom stereocenters. The van der Waals surface area contributed by atoms with Gasteiger partial charge in [-0.1, -0.05) is 5.16 Å². The van der Waals surface area contributed by atoms with Gasteiger partial charge in [0.05, 0.1) is 22.1 Å². The van der Waals surface area contributed by atoms with Crippen LogP contribution in [0.15, 0.2) is 47.6 Å². The standard InChI is InChI=1S/C15H10N6O3/c16-8-9-1-3-10(4-2-9)17-15(20-22)14-12-7-11(21(23)24)5-6-13(12)18-19-14/h1-7,22H,(H,17,20)(H,18,19). The summed E-state index contributed by atoms with van der Waals surface area (Å²) in [6.07, 6.45) is 0. The molecule has 0 saturated carbocycles. The molecule has 0 aliphatic rings. The summed E-state index contributed by atoms with van der Waals surface area (Å²) in [5.74, 6) is 0.0199. The predicted molar refractivity (Wildman–Crippen MR) is 85.9 cm³/mol. The number of aromatic nitrogens is 2. The third kappa shape index (κ3) is 2.71. The van der Waals surface area contributed by atoms with E-state index < -0.39 is 4.92 Å². The van der Waals surface area contributed by atoms with Crippen molar-refractivity contribution in [3.63, 3.8) is 0 Å². The molecule has 0 amide bonds. The number of amidine groups is 1. The Labute approximate surface area is 135 Å². The Morgan fingerprint density at radius 1 is 1.33 bits per heavy atom. The lowest BCUT2D eigenvalue weighted by Crippen LogP contribution is -2.14. The van der Waals surface area contributed by atoms with Crippen molar-refractivity contribution in [3.05, 3.63) is 63.8 Å². The number of rotatable bonds is 3. The number of fused-ring (bicyclic) bond motifs is 1. The fraction of sp³-hybridized carbons (Fsp3) is 0. The second kappa shape index (κ2) is 6.05. The highest BCUT2D eigenvalue weighted by Gasteiger charge is 2.16. The number of nitrogens with zero attached hydrogens (tertiary/aromatic N) is 4. The van der Waals surface area contributed by atoms with Crippen LogP contribution in [0.2, 0.25) is 0 Å². The molecule has 3 N–H and O–H groups in total. The topological polar surface area (TPSA) is 140 Å². The van der Waals surface area contributed by atoms with E-state index in [4.69, 9.17) is 5.26 Å². The van der Waals surface area contributed by atoms with Crippen LogP contribution in [0.1, 0.15) is 11.3 Å². The lowest BCUT2D eigenvalue weighted by molar-refractivity contribution is -0.384. The second-order valence-corrected chi connectivity index (χ2v) is 4.82. The maximum atomic E-state index is 10.9. The van der Waals surface area contributed by atoms with Crippen LogP contribution in [0.4, 0.5) is 11.4 Å². The number of non-ortho nitro benzene ring substituents is 1. The molecule has 1 heterocycles. The molecule has 9 nitrogen and oxygen atoms in total. The normalized spacial score (nSPS) is 11.2. The highest BCUT2D eigenvalue weighted by molar-refractivity contribution is 6.14. The van der Waals surface area contributed by atoms with Gasteiger partial charge in [-0.05, 0) is 30.3 Å². The van der Waals surface area contributed by atoms with Gasteiger partial charge >= 0.3 is 0 Å². The number of nitriles is 1. The van der Waals surface area contributed by atoms with Crippen LogP contribution in [-0.4, -0.2) is 26.2 Å². The van der Waals surface area contributed by atoms with Gasteiger partial charge in [0.2, 0.25) is 0 Å². The number of nitro benzene ring substituents is 1. The first-order chi connectivity index (χ1) is 11.6. The fourth-order valence-corrected chi connectivity index (χ4v) is 2.19. The van der Waals surface area contributed by atoms with Gasteiger partial charge in [-0.3, -0.25) is 15.2 Å². The Morgan fingerprint density at radius 2 is 2.08 bits per heavy atom. The van der Waals surface area contributed by atoms with Gasteiger partial charge in [0.1, 0.15) is 5.69 Å². The number of oxime groups is 1. The molecule has 1 aromatic heterocycles. The second-order valence-electron chi connectivity index (χ2n) is 4.82. The van der Waals surface area contributed by atoms with Gasteiger partial charge in [-0.15, -0.1) is 0 Å². The van der Waals surface area contributed by atoms with Gasteiger partial charge in [0.25, 0.3) is 5.69 Å². The van der Waals surface area contributed by atoms with Crippen LogP contribution in [0.3, 0.4) is 0 Å². The molecule has 3 aromatic rings. The number of hydrogen-bond acceptors (Lipinski definition) is 6. The van der Waals surface area contributed by atoms with Crippen molar-refractivity contribution in [3.8, 4) is 6.07 Å². The molecule has 0 saturated heterocycles. The van der Waals surface area contributed by atoms with Gasteiger partial charge in [0, 0.05) is 23.2 Å². The summed E-state index contributed by atoms with van der Waals surface area (Å²) in [4.78, 5) is 10.4. The third-order valence-electron chi connectivity index (χ3n) is 3.36. The molecular weight excluding hydrogens is 312 g/mol. The van der Waals surface area contributed by atoms with Crippen LogP contribution in [0, 0.1) is 21.4 Å². The van der Waals surface area contributed by atoms with E-state index >= 15 is 0 Å². The zero-order valence-electron chi connectivity index (χ0n) is 12.1. The molecule has 0 spiro atoms. The summed E-state index contributed by atoms with van der Waals surface area (Å²) in [5, 5.41) is 42.3. The van der Waals surface area contributed by atoms with Gasteiger partial charge in [-0.25, -0.2) is 0 Å². The number of benzene rings is 2. The molecule has 118 valence electrons. The lowest BCUT2D eigenvalue weighted by atomic mass is 10.1. The average Bonchev–Trinajstić information content (AvgIpc) is 3.03. The predicted octanol–water partition coefficient (Wildman–Crippen LogP) is 2.59. The first-order valence-electron chi connectivity index (χ1n) is 6.74. The summed E-state index contributed by atoms with van der Waals surface area (Å²) in [6.45, 7) is 0. The van der Waals surface area contributed by atoms with Crippen molar-refractivity contribution in [2.45, 2.75) is 0 Å². The third-order valence-corrected chi connectivity index (χ3v) is 3.36. The average molecular weight is 322 g/mol. The van der Waals surface area contributed by atoms with Crippen LogP contribution < -0.4 is 5.32 Å². The van der Waals surface area contributed by atoms with Crippen molar-refractivity contribution in [1.82, 2.24) is 10.2 Å². The zero-order valence-corrected chi connectivity index (χ0v) is 12.1. The number of aromatic amines is 1. The van der Waals surface area contributed by atoms with E-state index in [1.165, 1.54) is 18.2 Å². The molecule has 0 fully saturated rings. The Hall–Kier alpha value is -3.93. The Balaban J connectivity index is 1.98. The zero-order chi connectivity index (χ0) is 17.1. The van der Waals surface area contributed by atoms with Crippen molar-refractivity contribution in [2.75, 3.05) is 5.32 Å². The quantitative estimate of drug-likeness (QED) is 0.222. The monoisotopic (exact) mass is 322 g/mol.